The maximum atomic E-state index is 11.3. The number of ketones is 1. The summed E-state index contributed by atoms with van der Waals surface area (Å²) in [4.78, 5) is 11.3. The van der Waals surface area contributed by atoms with E-state index in [1.807, 2.05) is 0 Å². The van der Waals surface area contributed by atoms with Gasteiger partial charge in [-0.1, -0.05) is 0 Å². The Morgan fingerprint density at radius 3 is 2.40 bits per heavy atom. The van der Waals surface area contributed by atoms with Crippen LogP contribution in [0.1, 0.15) is 17.3 Å². The second kappa shape index (κ2) is 4.53. The second-order valence-corrected chi connectivity index (χ2v) is 3.73. The molecule has 0 heterocycles. The lowest BCUT2D eigenvalue weighted by atomic mass is 10.1. The van der Waals surface area contributed by atoms with Gasteiger partial charge < -0.3 is 14.6 Å². The van der Waals surface area contributed by atoms with Crippen LogP contribution < -0.4 is 9.47 Å². The van der Waals surface area contributed by atoms with E-state index in [1.54, 1.807) is 6.07 Å². The molecule has 0 aliphatic heterocycles. The number of halogens is 1. The molecule has 0 aliphatic carbocycles. The summed E-state index contributed by atoms with van der Waals surface area (Å²) in [7, 11) is 2.88. The average Bonchev–Trinajstić information content (AvgIpc) is 2.20. The van der Waals surface area contributed by atoms with E-state index in [0.29, 0.717) is 10.2 Å². The van der Waals surface area contributed by atoms with E-state index >= 15 is 0 Å². The van der Waals surface area contributed by atoms with Crippen molar-refractivity contribution in [1.82, 2.24) is 0 Å². The molecule has 0 radical (unpaired) electrons. The van der Waals surface area contributed by atoms with Gasteiger partial charge >= 0.3 is 0 Å². The molecular weight excluding hydrogens is 264 g/mol. The van der Waals surface area contributed by atoms with E-state index in [4.69, 9.17) is 9.47 Å². The third kappa shape index (κ3) is 2.07. The summed E-state index contributed by atoms with van der Waals surface area (Å²) >= 11 is 3.13. The monoisotopic (exact) mass is 274 g/mol. The van der Waals surface area contributed by atoms with Crippen molar-refractivity contribution in [2.75, 3.05) is 14.2 Å². The molecule has 0 unspecified atom stereocenters. The Morgan fingerprint density at radius 1 is 1.40 bits per heavy atom. The third-order valence-electron chi connectivity index (χ3n) is 1.95. The minimum absolute atomic E-state index is 0.115. The Hall–Kier alpha value is -1.23. The van der Waals surface area contributed by atoms with E-state index < -0.39 is 0 Å². The molecule has 0 atom stereocenters. The molecular formula is C10H11BrO4. The van der Waals surface area contributed by atoms with Crippen molar-refractivity contribution in [1.29, 1.82) is 0 Å². The SMILES string of the molecule is COc1cc(Br)c(O)c(C(C)=O)c1OC. The molecule has 82 valence electrons. The number of aromatic hydroxyl groups is 1. The zero-order valence-electron chi connectivity index (χ0n) is 8.63. The quantitative estimate of drug-likeness (QED) is 0.860. The van der Waals surface area contributed by atoms with E-state index in [9.17, 15) is 9.90 Å². The number of rotatable bonds is 3. The van der Waals surface area contributed by atoms with Gasteiger partial charge in [0, 0.05) is 6.07 Å². The highest BCUT2D eigenvalue weighted by Gasteiger charge is 2.21. The van der Waals surface area contributed by atoms with Crippen molar-refractivity contribution in [2.24, 2.45) is 0 Å². The number of Topliss-reactive ketones (excluding diaryl/α,β-unsaturated/α-hetero) is 1. The smallest absolute Gasteiger partial charge is 0.175 e. The van der Waals surface area contributed by atoms with Crippen LogP contribution in [0.5, 0.6) is 17.2 Å². The van der Waals surface area contributed by atoms with Gasteiger partial charge in [0.05, 0.1) is 18.7 Å². The number of carbonyl (C=O) groups is 1. The van der Waals surface area contributed by atoms with Crippen molar-refractivity contribution in [3.8, 4) is 17.2 Å². The second-order valence-electron chi connectivity index (χ2n) is 2.87. The summed E-state index contributed by atoms with van der Waals surface area (Å²) in [6.07, 6.45) is 0. The summed E-state index contributed by atoms with van der Waals surface area (Å²) in [5, 5.41) is 9.70. The molecule has 4 nitrogen and oxygen atoms in total. The van der Waals surface area contributed by atoms with Crippen LogP contribution >= 0.6 is 15.9 Å². The molecule has 0 amide bonds. The van der Waals surface area contributed by atoms with Gasteiger partial charge in [-0.3, -0.25) is 4.79 Å². The molecule has 15 heavy (non-hydrogen) atoms. The number of phenolic OH excluding ortho intramolecular Hbond substituents is 1. The summed E-state index contributed by atoms with van der Waals surface area (Å²) in [6, 6.07) is 1.54. The Bertz CT molecular complexity index is 401. The standard InChI is InChI=1S/C10H11BrO4/c1-5(12)8-9(13)6(11)4-7(14-2)10(8)15-3/h4,13H,1-3H3. The van der Waals surface area contributed by atoms with Crippen molar-refractivity contribution >= 4 is 21.7 Å². The van der Waals surface area contributed by atoms with Crippen LogP contribution in [0.25, 0.3) is 0 Å². The highest BCUT2D eigenvalue weighted by Crippen LogP contribution is 2.42. The number of carbonyl (C=O) groups excluding carboxylic acids is 1. The lowest BCUT2D eigenvalue weighted by molar-refractivity contribution is 0.101. The van der Waals surface area contributed by atoms with Gasteiger partial charge in [0.15, 0.2) is 17.3 Å². The fourth-order valence-electron chi connectivity index (χ4n) is 1.28. The van der Waals surface area contributed by atoms with Crippen molar-refractivity contribution in [3.05, 3.63) is 16.1 Å². The first-order valence-corrected chi connectivity index (χ1v) is 4.96. The molecule has 0 bridgehead atoms. The van der Waals surface area contributed by atoms with E-state index in [-0.39, 0.29) is 22.8 Å². The number of methoxy groups -OCH3 is 2. The minimum Gasteiger partial charge on any atom is -0.506 e. The molecule has 0 fully saturated rings. The molecule has 0 spiro atoms. The number of hydrogen-bond donors (Lipinski definition) is 1. The zero-order valence-corrected chi connectivity index (χ0v) is 10.2. The Balaban J connectivity index is 3.56. The van der Waals surface area contributed by atoms with Crippen LogP contribution in [0.4, 0.5) is 0 Å². The first-order valence-electron chi connectivity index (χ1n) is 4.17. The zero-order chi connectivity index (χ0) is 11.6. The predicted octanol–water partition coefficient (Wildman–Crippen LogP) is 2.37. The van der Waals surface area contributed by atoms with Crippen LogP contribution in [0, 0.1) is 0 Å². The van der Waals surface area contributed by atoms with E-state index in [0.717, 1.165) is 0 Å². The topological polar surface area (TPSA) is 55.8 Å². The predicted molar refractivity (Wildman–Crippen MR) is 58.9 cm³/mol. The Kier molecular flexibility index (Phi) is 3.57. The van der Waals surface area contributed by atoms with Gasteiger partial charge in [-0.05, 0) is 22.9 Å². The molecule has 1 N–H and O–H groups in total. The summed E-state index contributed by atoms with van der Waals surface area (Å²) < 4.78 is 10.5. The largest absolute Gasteiger partial charge is 0.506 e. The fourth-order valence-corrected chi connectivity index (χ4v) is 1.69. The molecule has 5 heteroatoms. The van der Waals surface area contributed by atoms with Crippen LogP contribution in [0.3, 0.4) is 0 Å². The summed E-state index contributed by atoms with van der Waals surface area (Å²) in [5.41, 5.74) is 0.115. The van der Waals surface area contributed by atoms with E-state index in [2.05, 4.69) is 15.9 Å². The van der Waals surface area contributed by atoms with Gasteiger partial charge in [-0.2, -0.15) is 0 Å². The van der Waals surface area contributed by atoms with Crippen LogP contribution in [-0.4, -0.2) is 25.1 Å². The number of ether oxygens (including phenoxy) is 2. The minimum atomic E-state index is -0.288. The van der Waals surface area contributed by atoms with Crippen LogP contribution in [-0.2, 0) is 0 Å². The first kappa shape index (κ1) is 11.8. The fraction of sp³-hybridized carbons (Fsp3) is 0.300. The molecule has 0 aliphatic rings. The molecule has 1 aromatic rings. The van der Waals surface area contributed by atoms with Gasteiger partial charge in [0.2, 0.25) is 0 Å². The number of benzene rings is 1. The highest BCUT2D eigenvalue weighted by molar-refractivity contribution is 9.10. The molecule has 1 rings (SSSR count). The van der Waals surface area contributed by atoms with Crippen LogP contribution in [0.15, 0.2) is 10.5 Å². The Labute approximate surface area is 95.9 Å². The molecule has 0 saturated carbocycles. The van der Waals surface area contributed by atoms with E-state index in [1.165, 1.54) is 21.1 Å². The third-order valence-corrected chi connectivity index (χ3v) is 2.55. The Morgan fingerprint density at radius 2 is 2.00 bits per heavy atom. The summed E-state index contributed by atoms with van der Waals surface area (Å²) in [5.74, 6) is 0.210. The van der Waals surface area contributed by atoms with Gasteiger partial charge in [-0.15, -0.1) is 0 Å². The first-order chi connectivity index (χ1) is 7.02. The van der Waals surface area contributed by atoms with Crippen molar-refractivity contribution in [2.45, 2.75) is 6.92 Å². The van der Waals surface area contributed by atoms with Crippen molar-refractivity contribution < 1.29 is 19.4 Å². The molecule has 0 aromatic heterocycles. The average molecular weight is 275 g/mol. The van der Waals surface area contributed by atoms with Crippen LogP contribution in [0.2, 0.25) is 0 Å². The summed E-state index contributed by atoms with van der Waals surface area (Å²) in [6.45, 7) is 1.35. The van der Waals surface area contributed by atoms with Crippen molar-refractivity contribution in [3.63, 3.8) is 0 Å². The molecule has 1 aromatic carbocycles. The van der Waals surface area contributed by atoms with Gasteiger partial charge in [-0.25, -0.2) is 0 Å². The maximum Gasteiger partial charge on any atom is 0.175 e. The lowest BCUT2D eigenvalue weighted by Crippen LogP contribution is -2.01. The maximum absolute atomic E-state index is 11.3. The van der Waals surface area contributed by atoms with Gasteiger partial charge in [0.1, 0.15) is 11.3 Å². The number of phenols is 1. The normalized spacial score (nSPS) is 9.87. The number of hydrogen-bond acceptors (Lipinski definition) is 4. The van der Waals surface area contributed by atoms with Gasteiger partial charge in [0.25, 0.3) is 0 Å². The highest BCUT2D eigenvalue weighted by atomic mass is 79.9. The molecule has 0 saturated heterocycles. The lowest BCUT2D eigenvalue weighted by Gasteiger charge is -2.13.